The number of carbonyl (C=O) groups is 12. The zero-order valence-corrected chi connectivity index (χ0v) is 31.3. The van der Waals surface area contributed by atoms with E-state index in [4.69, 9.17) is 61.3 Å². The van der Waals surface area contributed by atoms with E-state index in [1.165, 1.54) is 0 Å². The molecular formula is C33H50N2O24. The van der Waals surface area contributed by atoms with E-state index in [1.807, 2.05) is 0 Å². The van der Waals surface area contributed by atoms with E-state index in [1.54, 1.807) is 0 Å². The first-order valence-corrected chi connectivity index (χ1v) is 17.4. The zero-order valence-electron chi connectivity index (χ0n) is 31.3. The van der Waals surface area contributed by atoms with E-state index in [-0.39, 0.29) is 45.2 Å². The normalized spacial score (nSPS) is 13.4. The van der Waals surface area contributed by atoms with Crippen molar-refractivity contribution in [2.24, 2.45) is 23.7 Å². The van der Waals surface area contributed by atoms with Crippen LogP contribution in [0.1, 0.15) is 83.5 Å². The smallest absolute Gasteiger partial charge is 0.321 e. The second-order valence-corrected chi connectivity index (χ2v) is 12.6. The highest BCUT2D eigenvalue weighted by atomic mass is 16.4. The minimum absolute atomic E-state index is 0.0635. The summed E-state index contributed by atoms with van der Waals surface area (Å²) in [5.74, 6) is -19.6. The van der Waals surface area contributed by atoms with Gasteiger partial charge in [0.25, 0.3) is 0 Å². The Kier molecular flexibility index (Phi) is 30.5. The van der Waals surface area contributed by atoms with Gasteiger partial charge in [0.1, 0.15) is 12.1 Å². The Morgan fingerprint density at radius 3 is 0.763 bits per heavy atom. The molecule has 26 nitrogen and oxygen atoms in total. The number of nitrogens with one attached hydrogen (secondary N) is 2. The molecule has 0 saturated carbocycles. The second-order valence-electron chi connectivity index (χ2n) is 12.6. The van der Waals surface area contributed by atoms with Crippen LogP contribution in [0.25, 0.3) is 0 Å². The van der Waals surface area contributed by atoms with Crippen LogP contribution in [0, 0.1) is 23.7 Å². The third kappa shape index (κ3) is 33.4. The summed E-state index contributed by atoms with van der Waals surface area (Å²) in [5.41, 5.74) is 0. The Morgan fingerprint density at radius 1 is 0.288 bits per heavy atom. The summed E-state index contributed by atoms with van der Waals surface area (Å²) in [4.78, 5) is 127. The Morgan fingerprint density at radius 2 is 0.525 bits per heavy atom. The van der Waals surface area contributed by atoms with E-state index in [2.05, 4.69) is 10.6 Å². The molecule has 0 aromatic heterocycles. The van der Waals surface area contributed by atoms with Crippen LogP contribution in [0.2, 0.25) is 0 Å². The maximum absolute atomic E-state index is 10.8. The van der Waals surface area contributed by atoms with Crippen LogP contribution in [-0.2, 0) is 57.5 Å². The number of unbranched alkanes of at least 4 members (excludes halogenated alkanes) is 1. The number of carboxylic acid groups (broad SMARTS) is 12. The van der Waals surface area contributed by atoms with E-state index in [9.17, 15) is 57.5 Å². The fraction of sp³-hybridized carbons (Fsp3) is 0.636. The van der Waals surface area contributed by atoms with Crippen LogP contribution in [0.4, 0.5) is 0 Å². The van der Waals surface area contributed by atoms with Crippen molar-refractivity contribution in [1.29, 1.82) is 0 Å². The number of hydrogen-bond donors (Lipinski definition) is 14. The van der Waals surface area contributed by atoms with Gasteiger partial charge in [-0.25, -0.2) is 0 Å². The minimum Gasteiger partial charge on any atom is -0.481 e. The van der Waals surface area contributed by atoms with Crippen molar-refractivity contribution in [3.63, 3.8) is 0 Å². The van der Waals surface area contributed by atoms with Gasteiger partial charge in [-0.1, -0.05) is 6.42 Å². The van der Waals surface area contributed by atoms with Crippen LogP contribution in [0.15, 0.2) is 0 Å². The lowest BCUT2D eigenvalue weighted by atomic mass is 9.92. The van der Waals surface area contributed by atoms with Gasteiger partial charge in [0.15, 0.2) is 0 Å². The van der Waals surface area contributed by atoms with Gasteiger partial charge < -0.3 is 71.9 Å². The molecule has 0 rings (SSSR count). The third-order valence-corrected chi connectivity index (χ3v) is 7.79. The summed E-state index contributed by atoms with van der Waals surface area (Å²) in [6, 6.07) is -2.45. The number of carboxylic acids is 12. The van der Waals surface area contributed by atoms with Gasteiger partial charge in [0.2, 0.25) is 0 Å². The van der Waals surface area contributed by atoms with Gasteiger partial charge in [0.05, 0.1) is 62.2 Å². The molecule has 0 aliphatic heterocycles. The Labute approximate surface area is 333 Å². The molecule has 0 heterocycles. The predicted molar refractivity (Wildman–Crippen MR) is 189 cm³/mol. The SMILES string of the molecule is O=C(O)CC(CCC(CC(=O)O)C(=O)O)C(=O)O.O=C(O)CC(CCCCNC(CC(=O)O)C(=O)O)C(=O)O.O=C(O)CC(CCCNC(CC(=O)O)C(=O)O)C(=O)O. The zero-order chi connectivity index (χ0) is 46.4. The van der Waals surface area contributed by atoms with Gasteiger partial charge in [-0.15, -0.1) is 0 Å². The van der Waals surface area contributed by atoms with Gasteiger partial charge in [-0.05, 0) is 51.6 Å². The molecule has 0 saturated heterocycles. The molecule has 0 bridgehead atoms. The Bertz CT molecular complexity index is 1360. The Balaban J connectivity index is -0.000000800. The van der Waals surface area contributed by atoms with Crippen molar-refractivity contribution in [1.82, 2.24) is 10.6 Å². The Hall–Kier alpha value is -6.44. The van der Waals surface area contributed by atoms with E-state index in [0.29, 0.717) is 12.8 Å². The highest BCUT2D eigenvalue weighted by Gasteiger charge is 2.27. The molecule has 336 valence electrons. The topological polar surface area (TPSA) is 472 Å². The van der Waals surface area contributed by atoms with Crippen molar-refractivity contribution in [2.45, 2.75) is 95.6 Å². The first kappa shape index (κ1) is 56.9. The first-order valence-electron chi connectivity index (χ1n) is 17.4. The van der Waals surface area contributed by atoms with Crippen molar-refractivity contribution < 1.29 is 119 Å². The molecule has 6 unspecified atom stereocenters. The molecule has 0 spiro atoms. The summed E-state index contributed by atoms with van der Waals surface area (Å²) < 4.78 is 0. The van der Waals surface area contributed by atoms with Crippen LogP contribution < -0.4 is 10.6 Å². The molecule has 0 aliphatic rings. The first-order chi connectivity index (χ1) is 27.2. The molecule has 0 aliphatic carbocycles. The van der Waals surface area contributed by atoms with Gasteiger partial charge in [0, 0.05) is 0 Å². The summed E-state index contributed by atoms with van der Waals surface area (Å²) in [6.45, 7) is 0.303. The van der Waals surface area contributed by atoms with Gasteiger partial charge in [-0.2, -0.15) is 0 Å². The fourth-order valence-corrected chi connectivity index (χ4v) is 4.76. The van der Waals surface area contributed by atoms with Gasteiger partial charge in [-0.3, -0.25) is 57.5 Å². The van der Waals surface area contributed by atoms with Crippen molar-refractivity contribution in [3.05, 3.63) is 0 Å². The summed E-state index contributed by atoms with van der Waals surface area (Å²) >= 11 is 0. The van der Waals surface area contributed by atoms with E-state index in [0.717, 1.165) is 0 Å². The predicted octanol–water partition coefficient (Wildman–Crippen LogP) is -0.573. The lowest BCUT2D eigenvalue weighted by molar-refractivity contribution is -0.150. The monoisotopic (exact) mass is 858 g/mol. The molecule has 14 N–H and O–H groups in total. The van der Waals surface area contributed by atoms with Crippen molar-refractivity contribution >= 4 is 71.6 Å². The molecule has 0 radical (unpaired) electrons. The highest BCUT2D eigenvalue weighted by Crippen LogP contribution is 2.19. The van der Waals surface area contributed by atoms with Gasteiger partial charge >= 0.3 is 71.6 Å². The van der Waals surface area contributed by atoms with E-state index >= 15 is 0 Å². The highest BCUT2D eigenvalue weighted by molar-refractivity contribution is 5.82. The molecule has 0 amide bonds. The average molecular weight is 859 g/mol. The van der Waals surface area contributed by atoms with Crippen LogP contribution in [-0.4, -0.2) is 158 Å². The molecular weight excluding hydrogens is 808 g/mol. The third-order valence-electron chi connectivity index (χ3n) is 7.79. The van der Waals surface area contributed by atoms with Crippen LogP contribution in [0.3, 0.4) is 0 Å². The van der Waals surface area contributed by atoms with E-state index < -0.39 is 146 Å². The summed E-state index contributed by atoms with van der Waals surface area (Å²) in [7, 11) is 0. The van der Waals surface area contributed by atoms with Crippen molar-refractivity contribution in [2.75, 3.05) is 13.1 Å². The fourth-order valence-electron chi connectivity index (χ4n) is 4.76. The maximum Gasteiger partial charge on any atom is 0.321 e. The number of aliphatic carboxylic acids is 12. The molecule has 0 fully saturated rings. The number of rotatable bonds is 32. The van der Waals surface area contributed by atoms with Crippen molar-refractivity contribution in [3.8, 4) is 0 Å². The maximum atomic E-state index is 10.8. The lowest BCUT2D eigenvalue weighted by Crippen LogP contribution is -2.39. The van der Waals surface area contributed by atoms with Crippen LogP contribution >= 0.6 is 0 Å². The standard InChI is InChI=1S/C12H19NO8.C11H17NO8.C10H14O8/c14-9(15)5-7(11(18)19)3-1-2-4-13-8(12(20)21)6-10(16)17;13-8(14)4-6(10(17)18)2-1-3-12-7(11(19)20)5-9(15)16;11-7(12)3-5(9(15)16)1-2-6(10(17)18)4-8(13)14/h7-8,13H,1-6H2,(H,14,15)(H,16,17)(H,18,19)(H,20,21);6-7,12H,1-5H2,(H,13,14)(H,15,16)(H,17,18)(H,19,20);5-6H,1-4H2,(H,11,12)(H,13,14)(H,15,16)(H,17,18). The lowest BCUT2D eigenvalue weighted by Gasteiger charge is -2.13. The molecule has 0 aromatic rings. The van der Waals surface area contributed by atoms with Crippen LogP contribution in [0.5, 0.6) is 0 Å². The molecule has 26 heteroatoms. The molecule has 0 aromatic carbocycles. The quantitative estimate of drug-likeness (QED) is 0.0376. The average Bonchev–Trinajstić information content (AvgIpc) is 3.08. The summed E-state index contributed by atoms with van der Waals surface area (Å²) in [5, 5.41) is 109. The molecule has 6 atom stereocenters. The largest absolute Gasteiger partial charge is 0.481 e. The molecule has 59 heavy (non-hydrogen) atoms. The second kappa shape index (κ2) is 31.6. The minimum atomic E-state index is -1.34. The number of hydrogen-bond acceptors (Lipinski definition) is 14. The summed E-state index contributed by atoms with van der Waals surface area (Å²) in [6.07, 6.45) is -2.43.